The summed E-state index contributed by atoms with van der Waals surface area (Å²) in [6.07, 6.45) is 1.23. The Labute approximate surface area is 126 Å². The average molecular weight is 321 g/mol. The zero-order valence-electron chi connectivity index (χ0n) is 11.6. The molecule has 0 saturated carbocycles. The van der Waals surface area contributed by atoms with Crippen molar-refractivity contribution in [3.05, 3.63) is 54.1 Å². The minimum absolute atomic E-state index is 0.0357. The van der Waals surface area contributed by atoms with Crippen LogP contribution in [-0.2, 0) is 16.6 Å². The van der Waals surface area contributed by atoms with Crippen molar-refractivity contribution in [3.63, 3.8) is 0 Å². The third kappa shape index (κ3) is 2.21. The summed E-state index contributed by atoms with van der Waals surface area (Å²) in [4.78, 5) is 17.5. The van der Waals surface area contributed by atoms with E-state index in [1.54, 1.807) is 18.2 Å². The lowest BCUT2D eigenvalue weighted by atomic mass is 10.3. The molecule has 1 aliphatic rings. The van der Waals surface area contributed by atoms with Crippen LogP contribution in [0.4, 0.5) is 14.9 Å². The number of nitrogens with zero attached hydrogens (tertiary/aromatic N) is 3. The summed E-state index contributed by atoms with van der Waals surface area (Å²) in [5, 5.41) is 0. The number of pyridine rings is 1. The normalized spacial score (nSPS) is 16.5. The topological polar surface area (TPSA) is 70.6 Å². The molecule has 114 valence electrons. The Morgan fingerprint density at radius 1 is 1.23 bits per heavy atom. The molecule has 0 atom stereocenters. The van der Waals surface area contributed by atoms with E-state index in [1.807, 2.05) is 0 Å². The summed E-state index contributed by atoms with van der Waals surface area (Å²) < 4.78 is 39.1. The second-order valence-corrected chi connectivity index (χ2v) is 6.62. The van der Waals surface area contributed by atoms with Crippen molar-refractivity contribution in [2.24, 2.45) is 0 Å². The Balaban J connectivity index is 2.07. The number of para-hydroxylation sites is 1. The monoisotopic (exact) mass is 321 g/mol. The fourth-order valence-corrected chi connectivity index (χ4v) is 3.87. The highest BCUT2D eigenvalue weighted by molar-refractivity contribution is 7.90. The number of carbonyl (C=O) groups excluding carboxylic acids is 1. The molecule has 0 N–H and O–H groups in total. The van der Waals surface area contributed by atoms with Gasteiger partial charge >= 0.3 is 6.03 Å². The van der Waals surface area contributed by atoms with Crippen molar-refractivity contribution in [2.75, 3.05) is 11.9 Å². The SMILES string of the molecule is CN1C(=O)N(Cc2cc(F)ccn2)S(=O)(=O)c2ccccc21. The minimum atomic E-state index is -4.00. The van der Waals surface area contributed by atoms with Crippen LogP contribution >= 0.6 is 0 Å². The third-order valence-corrected chi connectivity index (χ3v) is 5.15. The Kier molecular flexibility index (Phi) is 3.32. The van der Waals surface area contributed by atoms with Crippen LogP contribution in [-0.4, -0.2) is 30.8 Å². The van der Waals surface area contributed by atoms with E-state index in [0.29, 0.717) is 9.99 Å². The van der Waals surface area contributed by atoms with Gasteiger partial charge in [0, 0.05) is 13.2 Å². The molecule has 0 saturated heterocycles. The molecular formula is C14H12FN3O3S. The zero-order chi connectivity index (χ0) is 15.9. The Morgan fingerprint density at radius 3 is 2.68 bits per heavy atom. The van der Waals surface area contributed by atoms with Gasteiger partial charge in [-0.25, -0.2) is 21.9 Å². The summed E-state index contributed by atoms with van der Waals surface area (Å²) in [7, 11) is -2.51. The fourth-order valence-electron chi connectivity index (χ4n) is 2.28. The maximum absolute atomic E-state index is 13.2. The molecule has 0 bridgehead atoms. The van der Waals surface area contributed by atoms with Crippen molar-refractivity contribution in [2.45, 2.75) is 11.4 Å². The molecule has 1 aromatic heterocycles. The summed E-state index contributed by atoms with van der Waals surface area (Å²) >= 11 is 0. The average Bonchev–Trinajstić information content (AvgIpc) is 2.50. The number of hydrogen-bond donors (Lipinski definition) is 0. The lowest BCUT2D eigenvalue weighted by Gasteiger charge is -2.33. The zero-order valence-corrected chi connectivity index (χ0v) is 12.4. The van der Waals surface area contributed by atoms with E-state index in [-0.39, 0.29) is 17.1 Å². The molecule has 2 amide bonds. The maximum Gasteiger partial charge on any atom is 0.338 e. The molecule has 2 aromatic rings. The molecule has 22 heavy (non-hydrogen) atoms. The van der Waals surface area contributed by atoms with Crippen molar-refractivity contribution in [3.8, 4) is 0 Å². The van der Waals surface area contributed by atoms with Crippen molar-refractivity contribution in [1.82, 2.24) is 9.29 Å². The van der Waals surface area contributed by atoms with Crippen LogP contribution in [0.5, 0.6) is 0 Å². The van der Waals surface area contributed by atoms with Gasteiger partial charge in [0.25, 0.3) is 10.0 Å². The predicted molar refractivity (Wildman–Crippen MR) is 77.2 cm³/mol. The van der Waals surface area contributed by atoms with E-state index in [2.05, 4.69) is 4.98 Å². The van der Waals surface area contributed by atoms with Crippen LogP contribution in [0.3, 0.4) is 0 Å². The number of sulfonamides is 1. The Bertz CT molecular complexity index is 854. The highest BCUT2D eigenvalue weighted by atomic mass is 32.2. The van der Waals surface area contributed by atoms with E-state index in [0.717, 1.165) is 12.1 Å². The number of hydrogen-bond acceptors (Lipinski definition) is 4. The van der Waals surface area contributed by atoms with E-state index >= 15 is 0 Å². The van der Waals surface area contributed by atoms with Gasteiger partial charge < -0.3 is 0 Å². The van der Waals surface area contributed by atoms with Crippen LogP contribution in [0.25, 0.3) is 0 Å². The third-order valence-electron chi connectivity index (χ3n) is 3.38. The molecule has 0 spiro atoms. The first-order valence-electron chi connectivity index (χ1n) is 6.41. The number of urea groups is 1. The molecular weight excluding hydrogens is 309 g/mol. The number of anilines is 1. The van der Waals surface area contributed by atoms with Gasteiger partial charge in [-0.05, 0) is 24.3 Å². The van der Waals surface area contributed by atoms with E-state index in [9.17, 15) is 17.6 Å². The highest BCUT2D eigenvalue weighted by Crippen LogP contribution is 2.33. The molecule has 1 aromatic carbocycles. The van der Waals surface area contributed by atoms with Gasteiger partial charge in [0.1, 0.15) is 10.7 Å². The van der Waals surface area contributed by atoms with Crippen LogP contribution < -0.4 is 4.90 Å². The van der Waals surface area contributed by atoms with Crippen molar-refractivity contribution in [1.29, 1.82) is 0 Å². The van der Waals surface area contributed by atoms with Gasteiger partial charge in [0.05, 0.1) is 17.9 Å². The Hall–Kier alpha value is -2.48. The number of amides is 2. The number of carbonyl (C=O) groups is 1. The molecule has 8 heteroatoms. The van der Waals surface area contributed by atoms with Gasteiger partial charge in [0.2, 0.25) is 0 Å². The molecule has 0 fully saturated rings. The number of fused-ring (bicyclic) bond motifs is 1. The van der Waals surface area contributed by atoms with Crippen LogP contribution in [0.2, 0.25) is 0 Å². The predicted octanol–water partition coefficient (Wildman–Crippen LogP) is 1.98. The van der Waals surface area contributed by atoms with Crippen LogP contribution in [0.15, 0.2) is 47.5 Å². The van der Waals surface area contributed by atoms with E-state index < -0.39 is 21.9 Å². The van der Waals surface area contributed by atoms with Crippen molar-refractivity contribution >= 4 is 21.7 Å². The highest BCUT2D eigenvalue weighted by Gasteiger charge is 2.39. The number of benzene rings is 1. The van der Waals surface area contributed by atoms with Crippen molar-refractivity contribution < 1.29 is 17.6 Å². The lowest BCUT2D eigenvalue weighted by Crippen LogP contribution is -2.48. The van der Waals surface area contributed by atoms with Gasteiger partial charge in [-0.3, -0.25) is 9.88 Å². The van der Waals surface area contributed by atoms with E-state index in [1.165, 1.54) is 24.2 Å². The maximum atomic E-state index is 13.2. The van der Waals surface area contributed by atoms with Crippen LogP contribution in [0, 0.1) is 5.82 Å². The Morgan fingerprint density at radius 2 is 1.95 bits per heavy atom. The van der Waals surface area contributed by atoms with E-state index in [4.69, 9.17) is 0 Å². The number of halogens is 1. The quantitative estimate of drug-likeness (QED) is 0.848. The molecule has 0 radical (unpaired) electrons. The second kappa shape index (κ2) is 5.06. The summed E-state index contributed by atoms with van der Waals surface area (Å²) in [6, 6.07) is 7.77. The second-order valence-electron chi connectivity index (χ2n) is 4.79. The summed E-state index contributed by atoms with van der Waals surface area (Å²) in [5.41, 5.74) is 0.473. The van der Waals surface area contributed by atoms with Crippen LogP contribution in [0.1, 0.15) is 5.69 Å². The summed E-state index contributed by atoms with van der Waals surface area (Å²) in [5.74, 6) is -0.541. The largest absolute Gasteiger partial charge is 0.338 e. The molecule has 6 nitrogen and oxygen atoms in total. The van der Waals surface area contributed by atoms with Gasteiger partial charge in [-0.1, -0.05) is 12.1 Å². The van der Waals surface area contributed by atoms with Gasteiger partial charge in [-0.2, -0.15) is 0 Å². The first-order chi connectivity index (χ1) is 10.4. The van der Waals surface area contributed by atoms with Gasteiger partial charge in [-0.15, -0.1) is 0 Å². The molecule has 0 unspecified atom stereocenters. The first-order valence-corrected chi connectivity index (χ1v) is 7.85. The summed E-state index contributed by atoms with van der Waals surface area (Å²) in [6.45, 7) is -0.322. The number of rotatable bonds is 2. The minimum Gasteiger partial charge on any atom is -0.295 e. The molecule has 0 aliphatic carbocycles. The van der Waals surface area contributed by atoms with Gasteiger partial charge in [0.15, 0.2) is 0 Å². The first kappa shape index (κ1) is 14.5. The number of aromatic nitrogens is 1. The molecule has 2 heterocycles. The lowest BCUT2D eigenvalue weighted by molar-refractivity contribution is 0.227. The smallest absolute Gasteiger partial charge is 0.295 e. The standard InChI is InChI=1S/C14H12FN3O3S/c1-17-12-4-2-3-5-13(12)22(20,21)18(14(17)19)9-11-8-10(15)6-7-16-11/h2-8H,9H2,1H3. The molecule has 1 aliphatic heterocycles. The molecule has 3 rings (SSSR count). The fraction of sp³-hybridized carbons (Fsp3) is 0.143.